The Bertz CT molecular complexity index is 1130. The van der Waals surface area contributed by atoms with Crippen molar-refractivity contribution in [1.82, 2.24) is 14.8 Å². The second-order valence-electron chi connectivity index (χ2n) is 6.14. The molecule has 6 nitrogen and oxygen atoms in total. The summed E-state index contributed by atoms with van der Waals surface area (Å²) >= 11 is 1.53. The Kier molecular flexibility index (Phi) is 4.90. The van der Waals surface area contributed by atoms with E-state index in [9.17, 15) is 4.79 Å². The number of nitrogens with zero attached hydrogens (tertiary/aromatic N) is 3. The monoisotopic (exact) mass is 390 g/mol. The standard InChI is InChI=1S/C21H18N4O2S/c1-14-13-19(23-20(26)12-9-15-7-10-16(27-2)11-8-15)25(24-14)21-22-17-5-3-4-6-18(17)28-21/h3-13H,1-2H3,(H,23,26)/b12-9+. The van der Waals surface area contributed by atoms with Gasteiger partial charge in [0.15, 0.2) is 0 Å². The van der Waals surface area contributed by atoms with Crippen LogP contribution in [0.3, 0.4) is 0 Å². The van der Waals surface area contributed by atoms with Crippen molar-refractivity contribution in [2.24, 2.45) is 0 Å². The smallest absolute Gasteiger partial charge is 0.249 e. The van der Waals surface area contributed by atoms with E-state index >= 15 is 0 Å². The van der Waals surface area contributed by atoms with Crippen molar-refractivity contribution in [3.8, 4) is 10.9 Å². The Morgan fingerprint density at radius 2 is 1.96 bits per heavy atom. The third-order valence-electron chi connectivity index (χ3n) is 4.09. The summed E-state index contributed by atoms with van der Waals surface area (Å²) in [5.41, 5.74) is 2.62. The van der Waals surface area contributed by atoms with Gasteiger partial charge >= 0.3 is 0 Å². The molecule has 1 N–H and O–H groups in total. The summed E-state index contributed by atoms with van der Waals surface area (Å²) in [6.45, 7) is 1.88. The van der Waals surface area contributed by atoms with Crippen molar-refractivity contribution in [2.75, 3.05) is 12.4 Å². The lowest BCUT2D eigenvalue weighted by molar-refractivity contribution is -0.111. The van der Waals surface area contributed by atoms with Gasteiger partial charge in [0.25, 0.3) is 0 Å². The molecule has 4 rings (SSSR count). The van der Waals surface area contributed by atoms with Gasteiger partial charge in [0.2, 0.25) is 11.0 Å². The molecule has 28 heavy (non-hydrogen) atoms. The number of aryl methyl sites for hydroxylation is 1. The Hall–Kier alpha value is -3.45. The van der Waals surface area contributed by atoms with Gasteiger partial charge in [-0.15, -0.1) is 0 Å². The quantitative estimate of drug-likeness (QED) is 0.511. The summed E-state index contributed by atoms with van der Waals surface area (Å²) in [7, 11) is 1.62. The lowest BCUT2D eigenvalue weighted by atomic mass is 10.2. The first kappa shape index (κ1) is 17.9. The van der Waals surface area contributed by atoms with Gasteiger partial charge in [0, 0.05) is 12.1 Å². The Labute approximate surface area is 166 Å². The molecule has 0 saturated carbocycles. The summed E-state index contributed by atoms with van der Waals surface area (Å²) < 4.78 is 7.87. The summed E-state index contributed by atoms with van der Waals surface area (Å²) in [6, 6.07) is 17.2. The predicted molar refractivity (Wildman–Crippen MR) is 112 cm³/mol. The molecule has 7 heteroatoms. The molecule has 0 spiro atoms. The van der Waals surface area contributed by atoms with E-state index in [1.165, 1.54) is 17.4 Å². The number of hydrogen-bond donors (Lipinski definition) is 1. The van der Waals surface area contributed by atoms with E-state index in [0.717, 1.165) is 27.2 Å². The number of anilines is 1. The molecule has 2 heterocycles. The Morgan fingerprint density at radius 3 is 2.71 bits per heavy atom. The van der Waals surface area contributed by atoms with Crippen LogP contribution < -0.4 is 10.1 Å². The second-order valence-corrected chi connectivity index (χ2v) is 7.15. The fourth-order valence-corrected chi connectivity index (χ4v) is 3.67. The summed E-state index contributed by atoms with van der Waals surface area (Å²) in [4.78, 5) is 17.0. The van der Waals surface area contributed by atoms with Gasteiger partial charge < -0.3 is 10.1 Å². The van der Waals surface area contributed by atoms with Crippen LogP contribution in [0.5, 0.6) is 5.75 Å². The van der Waals surface area contributed by atoms with Gasteiger partial charge in [0.1, 0.15) is 11.6 Å². The largest absolute Gasteiger partial charge is 0.497 e. The fourth-order valence-electron chi connectivity index (χ4n) is 2.74. The molecule has 2 aromatic heterocycles. The highest BCUT2D eigenvalue weighted by atomic mass is 32.1. The minimum atomic E-state index is -0.238. The summed E-state index contributed by atoms with van der Waals surface area (Å²) in [5, 5.41) is 8.07. The minimum Gasteiger partial charge on any atom is -0.497 e. The van der Waals surface area contributed by atoms with Crippen molar-refractivity contribution < 1.29 is 9.53 Å². The van der Waals surface area contributed by atoms with E-state index in [1.807, 2.05) is 61.5 Å². The number of nitrogens with one attached hydrogen (secondary N) is 1. The van der Waals surface area contributed by atoms with Gasteiger partial charge in [-0.05, 0) is 42.8 Å². The topological polar surface area (TPSA) is 69.0 Å². The van der Waals surface area contributed by atoms with Crippen molar-refractivity contribution in [3.63, 3.8) is 0 Å². The molecule has 0 unspecified atom stereocenters. The number of ether oxygens (including phenoxy) is 1. The first-order valence-electron chi connectivity index (χ1n) is 8.68. The van der Waals surface area contributed by atoms with Crippen LogP contribution in [0.4, 0.5) is 5.82 Å². The maximum absolute atomic E-state index is 12.4. The molecule has 0 bridgehead atoms. The lowest BCUT2D eigenvalue weighted by Gasteiger charge is -2.04. The van der Waals surface area contributed by atoms with Crippen molar-refractivity contribution in [1.29, 1.82) is 0 Å². The maximum Gasteiger partial charge on any atom is 0.249 e. The zero-order chi connectivity index (χ0) is 19.5. The molecule has 0 aliphatic rings. The second kappa shape index (κ2) is 7.66. The highest BCUT2D eigenvalue weighted by molar-refractivity contribution is 7.20. The number of carbonyl (C=O) groups is 1. The minimum absolute atomic E-state index is 0.238. The van der Waals surface area contributed by atoms with E-state index in [-0.39, 0.29) is 5.91 Å². The van der Waals surface area contributed by atoms with Crippen molar-refractivity contribution in [3.05, 3.63) is 71.9 Å². The van der Waals surface area contributed by atoms with Gasteiger partial charge in [-0.25, -0.2) is 4.98 Å². The maximum atomic E-state index is 12.4. The molecular weight excluding hydrogens is 372 g/mol. The van der Waals surface area contributed by atoms with Crippen LogP contribution in [0, 0.1) is 6.92 Å². The number of fused-ring (bicyclic) bond motifs is 1. The van der Waals surface area contributed by atoms with Crippen LogP contribution in [0.25, 0.3) is 21.4 Å². The summed E-state index contributed by atoms with van der Waals surface area (Å²) in [6.07, 6.45) is 3.24. The van der Waals surface area contributed by atoms with Gasteiger partial charge in [-0.3, -0.25) is 4.79 Å². The number of carbonyl (C=O) groups excluding carboxylic acids is 1. The van der Waals surface area contributed by atoms with Gasteiger partial charge in [-0.2, -0.15) is 9.78 Å². The van der Waals surface area contributed by atoms with Crippen LogP contribution >= 0.6 is 11.3 Å². The number of aromatic nitrogens is 3. The molecule has 1 amide bonds. The molecule has 0 aliphatic carbocycles. The molecule has 2 aromatic carbocycles. The molecule has 0 fully saturated rings. The lowest BCUT2D eigenvalue weighted by Crippen LogP contribution is -2.12. The molecule has 0 radical (unpaired) electrons. The van der Waals surface area contributed by atoms with E-state index in [4.69, 9.17) is 4.74 Å². The van der Waals surface area contributed by atoms with E-state index in [2.05, 4.69) is 15.4 Å². The Balaban J connectivity index is 1.54. The number of amides is 1. The predicted octanol–water partition coefficient (Wildman–Crippen LogP) is 4.45. The van der Waals surface area contributed by atoms with E-state index < -0.39 is 0 Å². The van der Waals surface area contributed by atoms with Crippen LogP contribution in [-0.4, -0.2) is 27.8 Å². The molecular formula is C21H18N4O2S. The Morgan fingerprint density at radius 1 is 1.18 bits per heavy atom. The molecule has 140 valence electrons. The normalized spacial score (nSPS) is 11.2. The zero-order valence-corrected chi connectivity index (χ0v) is 16.2. The highest BCUT2D eigenvalue weighted by Crippen LogP contribution is 2.27. The molecule has 0 atom stereocenters. The van der Waals surface area contributed by atoms with Crippen molar-refractivity contribution in [2.45, 2.75) is 6.92 Å². The van der Waals surface area contributed by atoms with Crippen LogP contribution in [0.2, 0.25) is 0 Å². The number of para-hydroxylation sites is 1. The van der Waals surface area contributed by atoms with Crippen molar-refractivity contribution >= 4 is 39.4 Å². The number of thiazole rings is 1. The van der Waals surface area contributed by atoms with E-state index in [0.29, 0.717) is 10.9 Å². The molecule has 0 saturated heterocycles. The first-order chi connectivity index (χ1) is 13.6. The van der Waals surface area contributed by atoms with Crippen LogP contribution in [0.1, 0.15) is 11.3 Å². The number of hydrogen-bond acceptors (Lipinski definition) is 5. The van der Waals surface area contributed by atoms with Gasteiger partial charge in [-0.1, -0.05) is 35.6 Å². The van der Waals surface area contributed by atoms with Crippen LogP contribution in [-0.2, 0) is 4.79 Å². The first-order valence-corrected chi connectivity index (χ1v) is 9.50. The third-order valence-corrected chi connectivity index (χ3v) is 5.10. The average molecular weight is 390 g/mol. The number of methoxy groups -OCH3 is 1. The summed E-state index contributed by atoms with van der Waals surface area (Å²) in [5.74, 6) is 1.12. The third kappa shape index (κ3) is 3.79. The fraction of sp³-hybridized carbons (Fsp3) is 0.0952. The number of benzene rings is 2. The molecule has 0 aliphatic heterocycles. The zero-order valence-electron chi connectivity index (χ0n) is 15.4. The number of rotatable bonds is 5. The highest BCUT2D eigenvalue weighted by Gasteiger charge is 2.13. The van der Waals surface area contributed by atoms with E-state index in [1.54, 1.807) is 17.9 Å². The molecule has 4 aromatic rings. The van der Waals surface area contributed by atoms with Gasteiger partial charge in [0.05, 0.1) is 23.0 Å². The average Bonchev–Trinajstić information content (AvgIpc) is 3.29. The van der Waals surface area contributed by atoms with Crippen LogP contribution in [0.15, 0.2) is 60.7 Å². The SMILES string of the molecule is COc1ccc(/C=C/C(=O)Nc2cc(C)nn2-c2nc3ccccc3s2)cc1.